The van der Waals surface area contributed by atoms with Gasteiger partial charge in [0.05, 0.1) is 11.1 Å². The molecule has 0 radical (unpaired) electrons. The first-order chi connectivity index (χ1) is 22.0. The van der Waals surface area contributed by atoms with Crippen LogP contribution >= 0.6 is 0 Å². The summed E-state index contributed by atoms with van der Waals surface area (Å²) in [5.41, 5.74) is 0.372. The molecule has 2 aliphatic rings. The Balaban J connectivity index is 1.39. The predicted molar refractivity (Wildman–Crippen MR) is 167 cm³/mol. The number of fused-ring (bicyclic) bond motifs is 1. The summed E-state index contributed by atoms with van der Waals surface area (Å²) in [7, 11) is 0. The molecule has 11 nitrogen and oxygen atoms in total. The maximum Gasteiger partial charge on any atom is 0.417 e. The molecule has 5 heterocycles. The van der Waals surface area contributed by atoms with Crippen molar-refractivity contribution in [1.82, 2.24) is 29.4 Å². The van der Waals surface area contributed by atoms with E-state index in [9.17, 15) is 27.6 Å². The molecular weight excluding hydrogens is 601 g/mol. The smallest absolute Gasteiger partial charge is 0.355 e. The summed E-state index contributed by atoms with van der Waals surface area (Å²) in [5, 5.41) is 6.92. The number of hydrogen-bond acceptors (Lipinski definition) is 8. The van der Waals surface area contributed by atoms with E-state index in [1.165, 1.54) is 6.08 Å². The molecule has 5 rings (SSSR count). The summed E-state index contributed by atoms with van der Waals surface area (Å²) < 4.78 is 44.5. The molecule has 0 spiro atoms. The van der Waals surface area contributed by atoms with E-state index in [1.54, 1.807) is 29.3 Å². The fourth-order valence-corrected chi connectivity index (χ4v) is 5.82. The molecule has 3 aromatic heterocycles. The summed E-state index contributed by atoms with van der Waals surface area (Å²) in [6.07, 6.45) is 4.76. The second-order valence-corrected chi connectivity index (χ2v) is 11.6. The lowest BCUT2D eigenvalue weighted by molar-refractivity contribution is -0.137. The zero-order valence-corrected chi connectivity index (χ0v) is 26.1. The summed E-state index contributed by atoms with van der Waals surface area (Å²) in [4.78, 5) is 51.0. The van der Waals surface area contributed by atoms with Gasteiger partial charge in [-0.25, -0.2) is 14.5 Å². The Hall–Kier alpha value is -4.33. The van der Waals surface area contributed by atoms with Crippen molar-refractivity contribution in [1.29, 1.82) is 0 Å². The monoisotopic (exact) mass is 640 g/mol. The Morgan fingerprint density at radius 2 is 1.74 bits per heavy atom. The second kappa shape index (κ2) is 14.4. The Morgan fingerprint density at radius 1 is 1.00 bits per heavy atom. The quantitative estimate of drug-likeness (QED) is 0.317. The average Bonchev–Trinajstić information content (AvgIpc) is 3.46. The van der Waals surface area contributed by atoms with Gasteiger partial charge < -0.3 is 15.1 Å². The first kappa shape index (κ1) is 33.0. The molecule has 3 aromatic rings. The molecule has 0 atom stereocenters. The standard InChI is InChI=1S/C32H39F3N8O3/c1-3-8-23(44)9-10-29(46)41-15-13-40(14-16-41)20-22-17-26-31(42-11-6-5-7-12-42)38-30(39-43(26)21-22)24-19-36-27(37-28(45)4-2)18-25(24)32(33,34)35/h3,8,17-19,21H,4-7,9-16,20H2,1-2H3,(H,36,37,45)/b8-3-. The molecule has 246 valence electrons. The van der Waals surface area contributed by atoms with Crippen LogP contribution in [0.25, 0.3) is 16.9 Å². The highest BCUT2D eigenvalue weighted by Gasteiger charge is 2.36. The van der Waals surface area contributed by atoms with Crippen molar-refractivity contribution in [3.8, 4) is 11.4 Å². The Kier molecular flexibility index (Phi) is 10.3. The fourth-order valence-electron chi connectivity index (χ4n) is 5.82. The molecule has 0 aliphatic carbocycles. The normalized spacial score (nSPS) is 16.4. The van der Waals surface area contributed by atoms with E-state index in [2.05, 4.69) is 30.2 Å². The van der Waals surface area contributed by atoms with Crippen LogP contribution in [0, 0.1) is 0 Å². The molecule has 46 heavy (non-hydrogen) atoms. The molecule has 0 saturated carbocycles. The maximum atomic E-state index is 14.3. The summed E-state index contributed by atoms with van der Waals surface area (Å²) in [6, 6.07) is 2.80. The predicted octanol–water partition coefficient (Wildman–Crippen LogP) is 4.72. The first-order valence-corrected chi connectivity index (χ1v) is 15.7. The number of piperidine rings is 1. The van der Waals surface area contributed by atoms with Gasteiger partial charge in [-0.2, -0.15) is 13.2 Å². The second-order valence-electron chi connectivity index (χ2n) is 11.6. The van der Waals surface area contributed by atoms with Crippen LogP contribution < -0.4 is 10.2 Å². The third-order valence-electron chi connectivity index (χ3n) is 8.26. The summed E-state index contributed by atoms with van der Waals surface area (Å²) >= 11 is 0. The Bertz CT molecular complexity index is 1610. The van der Waals surface area contributed by atoms with Crippen LogP contribution in [0.4, 0.5) is 24.8 Å². The topological polar surface area (TPSA) is 116 Å². The number of ketones is 1. The van der Waals surface area contributed by atoms with E-state index in [-0.39, 0.29) is 48.2 Å². The highest BCUT2D eigenvalue weighted by Crippen LogP contribution is 2.38. The minimum atomic E-state index is -4.74. The van der Waals surface area contributed by atoms with Crippen LogP contribution in [0.3, 0.4) is 0 Å². The average molecular weight is 641 g/mol. The van der Waals surface area contributed by atoms with Gasteiger partial charge in [0.15, 0.2) is 17.4 Å². The van der Waals surface area contributed by atoms with Crippen molar-refractivity contribution in [3.05, 3.63) is 47.8 Å². The maximum absolute atomic E-state index is 14.3. The lowest BCUT2D eigenvalue weighted by Gasteiger charge is -2.34. The Labute approximate surface area is 265 Å². The number of amides is 2. The SMILES string of the molecule is C/C=C\C(=O)CCC(=O)N1CCN(Cc2cc3c(N4CCCCC4)nc(-c4cnc(NC(=O)CC)cc4C(F)(F)F)nn3c2)CC1. The fraction of sp³-hybridized carbons (Fsp3) is 0.500. The zero-order valence-electron chi connectivity index (χ0n) is 26.1. The number of carbonyl (C=O) groups excluding carboxylic acids is 3. The summed E-state index contributed by atoms with van der Waals surface area (Å²) in [5.74, 6) is -0.266. The lowest BCUT2D eigenvalue weighted by atomic mass is 10.1. The van der Waals surface area contributed by atoms with Crippen molar-refractivity contribution in [2.75, 3.05) is 49.5 Å². The van der Waals surface area contributed by atoms with Gasteiger partial charge in [0.2, 0.25) is 11.8 Å². The molecule has 0 aromatic carbocycles. The number of hydrogen-bond donors (Lipinski definition) is 1. The number of halogens is 3. The van der Waals surface area contributed by atoms with Crippen LogP contribution in [0.15, 0.2) is 36.7 Å². The number of allylic oxidation sites excluding steroid dienone is 2. The molecule has 1 N–H and O–H groups in total. The van der Waals surface area contributed by atoms with Crippen LogP contribution in [-0.2, 0) is 27.1 Å². The van der Waals surface area contributed by atoms with E-state index >= 15 is 0 Å². The van der Waals surface area contributed by atoms with E-state index in [0.29, 0.717) is 44.1 Å². The van der Waals surface area contributed by atoms with Crippen LogP contribution in [0.1, 0.15) is 63.5 Å². The number of nitrogens with one attached hydrogen (secondary N) is 1. The van der Waals surface area contributed by atoms with Gasteiger partial charge in [-0.05, 0) is 50.0 Å². The highest BCUT2D eigenvalue weighted by molar-refractivity contribution is 5.92. The lowest BCUT2D eigenvalue weighted by Crippen LogP contribution is -2.48. The number of piperazine rings is 1. The van der Waals surface area contributed by atoms with Crippen LogP contribution in [0.5, 0.6) is 0 Å². The highest BCUT2D eigenvalue weighted by atomic mass is 19.4. The minimum absolute atomic E-state index is 0.0328. The third-order valence-corrected chi connectivity index (χ3v) is 8.26. The largest absolute Gasteiger partial charge is 0.417 e. The molecule has 2 fully saturated rings. The molecule has 0 bridgehead atoms. The minimum Gasteiger partial charge on any atom is -0.355 e. The van der Waals surface area contributed by atoms with Gasteiger partial charge in [0, 0.05) is 77.5 Å². The number of nitrogens with zero attached hydrogens (tertiary/aromatic N) is 7. The number of aromatic nitrogens is 4. The molecular formula is C32H39F3N8O3. The molecule has 2 amide bonds. The molecule has 2 aliphatic heterocycles. The van der Waals surface area contributed by atoms with Crippen LogP contribution in [0.2, 0.25) is 0 Å². The van der Waals surface area contributed by atoms with Crippen molar-refractivity contribution >= 4 is 34.8 Å². The number of anilines is 2. The number of rotatable bonds is 10. The number of alkyl halides is 3. The summed E-state index contributed by atoms with van der Waals surface area (Å²) in [6.45, 7) is 7.81. The molecule has 2 saturated heterocycles. The van der Waals surface area contributed by atoms with E-state index in [1.807, 2.05) is 12.3 Å². The van der Waals surface area contributed by atoms with E-state index in [0.717, 1.165) is 50.2 Å². The van der Waals surface area contributed by atoms with Gasteiger partial charge in [0.25, 0.3) is 0 Å². The third kappa shape index (κ3) is 7.90. The molecule has 0 unspecified atom stereocenters. The van der Waals surface area contributed by atoms with E-state index in [4.69, 9.17) is 0 Å². The van der Waals surface area contributed by atoms with Gasteiger partial charge in [0.1, 0.15) is 11.3 Å². The first-order valence-electron chi connectivity index (χ1n) is 15.7. The van der Waals surface area contributed by atoms with Crippen molar-refractivity contribution in [2.24, 2.45) is 0 Å². The van der Waals surface area contributed by atoms with Gasteiger partial charge >= 0.3 is 6.18 Å². The zero-order chi connectivity index (χ0) is 32.8. The number of carbonyl (C=O) groups is 3. The number of pyridine rings is 1. The molecule has 14 heteroatoms. The van der Waals surface area contributed by atoms with Gasteiger partial charge in [-0.15, -0.1) is 5.10 Å². The van der Waals surface area contributed by atoms with Gasteiger partial charge in [-0.1, -0.05) is 13.0 Å². The van der Waals surface area contributed by atoms with Crippen molar-refractivity contribution in [2.45, 2.75) is 65.1 Å². The van der Waals surface area contributed by atoms with Crippen LogP contribution in [-0.4, -0.2) is 86.2 Å². The van der Waals surface area contributed by atoms with Crippen molar-refractivity contribution in [3.63, 3.8) is 0 Å². The van der Waals surface area contributed by atoms with E-state index < -0.39 is 17.6 Å². The Morgan fingerprint density at radius 3 is 2.41 bits per heavy atom. The van der Waals surface area contributed by atoms with Gasteiger partial charge in [-0.3, -0.25) is 19.3 Å². The van der Waals surface area contributed by atoms with Crippen molar-refractivity contribution < 1.29 is 27.6 Å².